The highest BCUT2D eigenvalue weighted by molar-refractivity contribution is 7.13. The van der Waals surface area contributed by atoms with E-state index in [0.29, 0.717) is 15.6 Å². The van der Waals surface area contributed by atoms with Gasteiger partial charge in [-0.2, -0.15) is 0 Å². The summed E-state index contributed by atoms with van der Waals surface area (Å²) in [6.45, 7) is 3.61. The molecule has 2 aromatic heterocycles. The van der Waals surface area contributed by atoms with Gasteiger partial charge >= 0.3 is 0 Å². The second-order valence-electron chi connectivity index (χ2n) is 6.21. The van der Waals surface area contributed by atoms with Crippen molar-refractivity contribution >= 4 is 34.5 Å². The van der Waals surface area contributed by atoms with Crippen LogP contribution in [0.2, 0.25) is 5.02 Å². The van der Waals surface area contributed by atoms with E-state index < -0.39 is 5.91 Å². The first kappa shape index (κ1) is 17.9. The van der Waals surface area contributed by atoms with Crippen molar-refractivity contribution in [2.75, 3.05) is 31.1 Å². The Morgan fingerprint density at radius 2 is 2.00 bits per heavy atom. The summed E-state index contributed by atoms with van der Waals surface area (Å²) >= 11 is 7.73. The molecule has 1 aliphatic rings. The number of rotatable bonds is 4. The van der Waals surface area contributed by atoms with E-state index in [1.807, 2.05) is 35.7 Å². The molecule has 138 valence electrons. The zero-order valence-electron chi connectivity index (χ0n) is 14.5. The maximum absolute atomic E-state index is 11.9. The molecule has 0 aliphatic carbocycles. The van der Waals surface area contributed by atoms with Gasteiger partial charge in [0.25, 0.3) is 5.91 Å². The van der Waals surface area contributed by atoms with E-state index in [9.17, 15) is 4.79 Å². The zero-order chi connectivity index (χ0) is 18.8. The van der Waals surface area contributed by atoms with Crippen LogP contribution in [0.25, 0.3) is 21.8 Å². The van der Waals surface area contributed by atoms with Crippen LogP contribution in [-0.2, 0) is 0 Å². The molecule has 3 heterocycles. The summed E-state index contributed by atoms with van der Waals surface area (Å²) in [5.74, 6) is -0.564. The predicted molar refractivity (Wildman–Crippen MR) is 109 cm³/mol. The molecule has 0 radical (unpaired) electrons. The van der Waals surface area contributed by atoms with Crippen molar-refractivity contribution in [1.82, 2.24) is 15.3 Å². The molecule has 1 aliphatic heterocycles. The number of anilines is 1. The fourth-order valence-electron chi connectivity index (χ4n) is 3.10. The lowest BCUT2D eigenvalue weighted by Crippen LogP contribution is -2.43. The number of hydrogen-bond donors (Lipinski definition) is 2. The minimum Gasteiger partial charge on any atom is -0.368 e. The largest absolute Gasteiger partial charge is 0.368 e. The van der Waals surface area contributed by atoms with Crippen molar-refractivity contribution < 1.29 is 4.79 Å². The number of hydrogen-bond acceptors (Lipinski definition) is 6. The van der Waals surface area contributed by atoms with E-state index in [1.165, 1.54) is 11.3 Å². The number of amides is 1. The molecule has 3 N–H and O–H groups in total. The molecule has 0 bridgehead atoms. The van der Waals surface area contributed by atoms with Crippen molar-refractivity contribution in [2.45, 2.75) is 0 Å². The fraction of sp³-hybridized carbons (Fsp3) is 0.211. The lowest BCUT2D eigenvalue weighted by molar-refractivity contribution is 0.0996. The van der Waals surface area contributed by atoms with Crippen LogP contribution < -0.4 is 16.0 Å². The molecule has 0 atom stereocenters. The summed E-state index contributed by atoms with van der Waals surface area (Å²) in [7, 11) is 0. The number of primary amides is 1. The number of carbonyl (C=O) groups excluding carboxylic acids is 1. The number of nitrogens with zero attached hydrogens (tertiary/aromatic N) is 3. The Balaban J connectivity index is 1.75. The standard InChI is InChI=1S/C19H18ClN5OS/c20-15-4-2-1-3-13(15)16-11-27-19(24-16)14-9-12(10-23-17(14)18(21)26)25-7-5-22-6-8-25/h1-4,9-11,22H,5-8H2,(H2,21,26). The average molecular weight is 400 g/mol. The van der Waals surface area contributed by atoms with E-state index in [-0.39, 0.29) is 5.69 Å². The third kappa shape index (κ3) is 3.66. The number of benzene rings is 1. The minimum absolute atomic E-state index is 0.231. The van der Waals surface area contributed by atoms with Crippen LogP contribution in [0.4, 0.5) is 5.69 Å². The summed E-state index contributed by atoms with van der Waals surface area (Å²) in [6, 6.07) is 9.50. The Labute approximate surface area is 166 Å². The van der Waals surface area contributed by atoms with Crippen molar-refractivity contribution in [1.29, 1.82) is 0 Å². The lowest BCUT2D eigenvalue weighted by atomic mass is 10.1. The van der Waals surface area contributed by atoms with Gasteiger partial charge in [0.15, 0.2) is 0 Å². The van der Waals surface area contributed by atoms with Crippen LogP contribution in [0.5, 0.6) is 0 Å². The Morgan fingerprint density at radius 3 is 2.74 bits per heavy atom. The highest BCUT2D eigenvalue weighted by Crippen LogP contribution is 2.34. The minimum atomic E-state index is -0.564. The van der Waals surface area contributed by atoms with Crippen LogP contribution in [-0.4, -0.2) is 42.1 Å². The first-order chi connectivity index (χ1) is 13.1. The average Bonchev–Trinajstić information content (AvgIpc) is 3.18. The smallest absolute Gasteiger partial charge is 0.268 e. The number of thiazole rings is 1. The van der Waals surface area contributed by atoms with Crippen LogP contribution in [0.3, 0.4) is 0 Å². The molecule has 27 heavy (non-hydrogen) atoms. The first-order valence-corrected chi connectivity index (χ1v) is 9.85. The predicted octanol–water partition coefficient (Wildman–Crippen LogP) is 3.03. The Morgan fingerprint density at radius 1 is 1.22 bits per heavy atom. The van der Waals surface area contributed by atoms with Crippen LogP contribution in [0.15, 0.2) is 41.9 Å². The number of carbonyl (C=O) groups is 1. The molecule has 0 unspecified atom stereocenters. The van der Waals surface area contributed by atoms with Gasteiger partial charge in [0.05, 0.1) is 17.6 Å². The number of halogens is 1. The number of nitrogens with two attached hydrogens (primary N) is 1. The first-order valence-electron chi connectivity index (χ1n) is 8.60. The summed E-state index contributed by atoms with van der Waals surface area (Å²) in [5.41, 5.74) is 9.02. The normalized spacial score (nSPS) is 14.3. The van der Waals surface area contributed by atoms with Crippen molar-refractivity contribution in [2.24, 2.45) is 5.73 Å². The van der Waals surface area contributed by atoms with Crippen LogP contribution in [0.1, 0.15) is 10.5 Å². The number of aromatic nitrogens is 2. The van der Waals surface area contributed by atoms with E-state index in [2.05, 4.69) is 15.2 Å². The molecule has 1 fully saturated rings. The van der Waals surface area contributed by atoms with E-state index in [4.69, 9.17) is 22.3 Å². The molecular formula is C19H18ClN5OS. The molecule has 1 aromatic carbocycles. The maximum atomic E-state index is 11.9. The monoisotopic (exact) mass is 399 g/mol. The highest BCUT2D eigenvalue weighted by atomic mass is 35.5. The summed E-state index contributed by atoms with van der Waals surface area (Å²) < 4.78 is 0. The summed E-state index contributed by atoms with van der Waals surface area (Å²) in [6.07, 6.45) is 1.71. The van der Waals surface area contributed by atoms with Crippen molar-refractivity contribution in [3.05, 3.63) is 52.6 Å². The van der Waals surface area contributed by atoms with Crippen molar-refractivity contribution in [3.8, 4) is 21.8 Å². The Hall–Kier alpha value is -2.48. The zero-order valence-corrected chi connectivity index (χ0v) is 16.1. The molecule has 3 aromatic rings. The second kappa shape index (κ2) is 7.64. The SMILES string of the molecule is NC(=O)c1ncc(N2CCNCC2)cc1-c1nc(-c2ccccc2Cl)cs1. The summed E-state index contributed by atoms with van der Waals surface area (Å²) in [5, 5.41) is 6.59. The fourth-order valence-corrected chi connectivity index (χ4v) is 4.17. The van der Waals surface area contributed by atoms with Gasteiger partial charge in [-0.15, -0.1) is 11.3 Å². The van der Waals surface area contributed by atoms with Crippen molar-refractivity contribution in [3.63, 3.8) is 0 Å². The maximum Gasteiger partial charge on any atom is 0.268 e. The van der Waals surface area contributed by atoms with Gasteiger partial charge in [0, 0.05) is 47.7 Å². The van der Waals surface area contributed by atoms with Gasteiger partial charge < -0.3 is 16.0 Å². The Kier molecular flexibility index (Phi) is 5.07. The molecule has 1 amide bonds. The topological polar surface area (TPSA) is 84.1 Å². The van der Waals surface area contributed by atoms with Crippen LogP contribution >= 0.6 is 22.9 Å². The molecule has 1 saturated heterocycles. The molecule has 8 heteroatoms. The van der Waals surface area contributed by atoms with E-state index in [0.717, 1.165) is 43.1 Å². The molecule has 4 rings (SSSR count). The highest BCUT2D eigenvalue weighted by Gasteiger charge is 2.19. The van der Waals surface area contributed by atoms with Gasteiger partial charge in [0.1, 0.15) is 10.7 Å². The number of piperazine rings is 1. The summed E-state index contributed by atoms with van der Waals surface area (Å²) in [4.78, 5) is 23.2. The van der Waals surface area contributed by atoms with Gasteiger partial charge in [-0.05, 0) is 12.1 Å². The number of pyridine rings is 1. The third-order valence-electron chi connectivity index (χ3n) is 4.47. The molecular weight excluding hydrogens is 382 g/mol. The molecule has 0 spiro atoms. The lowest BCUT2D eigenvalue weighted by Gasteiger charge is -2.29. The van der Waals surface area contributed by atoms with Gasteiger partial charge in [0.2, 0.25) is 0 Å². The number of nitrogens with one attached hydrogen (secondary N) is 1. The van der Waals surface area contributed by atoms with Crippen LogP contribution in [0, 0.1) is 0 Å². The second-order valence-corrected chi connectivity index (χ2v) is 7.47. The van der Waals surface area contributed by atoms with E-state index >= 15 is 0 Å². The van der Waals surface area contributed by atoms with E-state index in [1.54, 1.807) is 6.20 Å². The molecule has 0 saturated carbocycles. The van der Waals surface area contributed by atoms with Gasteiger partial charge in [-0.25, -0.2) is 9.97 Å². The third-order valence-corrected chi connectivity index (χ3v) is 5.68. The molecule has 6 nitrogen and oxygen atoms in total. The quantitative estimate of drug-likeness (QED) is 0.704. The Bertz CT molecular complexity index is 984. The van der Waals surface area contributed by atoms with Gasteiger partial charge in [-0.3, -0.25) is 4.79 Å². The van der Waals surface area contributed by atoms with Gasteiger partial charge in [-0.1, -0.05) is 29.8 Å².